The molecule has 1 saturated carbocycles. The Bertz CT molecular complexity index is 753. The summed E-state index contributed by atoms with van der Waals surface area (Å²) >= 11 is 0. The summed E-state index contributed by atoms with van der Waals surface area (Å²) in [5.41, 5.74) is 4.85. The summed E-state index contributed by atoms with van der Waals surface area (Å²) in [6.07, 6.45) is 15.8. The second-order valence-corrected chi connectivity index (χ2v) is 6.62. The van der Waals surface area contributed by atoms with Crippen LogP contribution in [-0.2, 0) is 0 Å². The lowest BCUT2D eigenvalue weighted by Crippen LogP contribution is -2.52. The Hall–Kier alpha value is -2.63. The quantitative estimate of drug-likeness (QED) is 0.496. The third kappa shape index (κ3) is 2.29. The lowest BCUT2D eigenvalue weighted by Gasteiger charge is -2.43. The van der Waals surface area contributed by atoms with Crippen molar-refractivity contribution < 1.29 is 0 Å². The molecular formula is C18H22N6. The van der Waals surface area contributed by atoms with Crippen LogP contribution < -0.4 is 11.2 Å². The van der Waals surface area contributed by atoms with Crippen molar-refractivity contribution in [3.63, 3.8) is 0 Å². The highest BCUT2D eigenvalue weighted by molar-refractivity contribution is 6.13. The third-order valence-corrected chi connectivity index (χ3v) is 5.15. The molecule has 1 aromatic rings. The van der Waals surface area contributed by atoms with Gasteiger partial charge in [-0.15, -0.1) is 0 Å². The zero-order chi connectivity index (χ0) is 16.6. The molecule has 6 nitrogen and oxygen atoms in total. The maximum atomic E-state index is 5.70. The molecule has 0 unspecified atom stereocenters. The highest BCUT2D eigenvalue weighted by atomic mass is 15.4. The lowest BCUT2D eigenvalue weighted by molar-refractivity contribution is 0.126. The minimum absolute atomic E-state index is 0.000264. The van der Waals surface area contributed by atoms with E-state index in [0.29, 0.717) is 5.71 Å². The number of allylic oxidation sites excluding steroid dienone is 3. The van der Waals surface area contributed by atoms with Crippen LogP contribution in [0, 0.1) is 0 Å². The first-order valence-electron chi connectivity index (χ1n) is 8.46. The number of hydrogen-bond donors (Lipinski definition) is 2. The monoisotopic (exact) mass is 322 g/mol. The van der Waals surface area contributed by atoms with Crippen molar-refractivity contribution in [2.45, 2.75) is 44.7 Å². The average Bonchev–Trinajstić information content (AvgIpc) is 2.96. The molecule has 0 bridgehead atoms. The fourth-order valence-corrected chi connectivity index (χ4v) is 3.92. The maximum Gasteiger partial charge on any atom is 0.117 e. The van der Waals surface area contributed by atoms with E-state index in [9.17, 15) is 0 Å². The second kappa shape index (κ2) is 5.78. The molecule has 3 heterocycles. The van der Waals surface area contributed by atoms with E-state index in [1.165, 1.54) is 36.9 Å². The van der Waals surface area contributed by atoms with Gasteiger partial charge < -0.3 is 16.1 Å². The van der Waals surface area contributed by atoms with E-state index >= 15 is 0 Å². The predicted octanol–water partition coefficient (Wildman–Crippen LogP) is 2.39. The van der Waals surface area contributed by atoms with Crippen LogP contribution >= 0.6 is 0 Å². The lowest BCUT2D eigenvalue weighted by atomic mass is 9.87. The highest BCUT2D eigenvalue weighted by Crippen LogP contribution is 2.41. The van der Waals surface area contributed by atoms with Crippen molar-refractivity contribution in [1.29, 1.82) is 0 Å². The van der Waals surface area contributed by atoms with Gasteiger partial charge in [0.15, 0.2) is 0 Å². The predicted molar refractivity (Wildman–Crippen MR) is 93.5 cm³/mol. The Balaban J connectivity index is 1.74. The van der Waals surface area contributed by atoms with Crippen LogP contribution in [0.1, 0.15) is 44.7 Å². The topological polar surface area (TPSA) is 79.4 Å². The van der Waals surface area contributed by atoms with Crippen LogP contribution in [0.2, 0.25) is 0 Å². The molecule has 24 heavy (non-hydrogen) atoms. The molecule has 0 amide bonds. The van der Waals surface area contributed by atoms with E-state index in [2.05, 4.69) is 50.7 Å². The summed E-state index contributed by atoms with van der Waals surface area (Å²) in [7, 11) is 0. The van der Waals surface area contributed by atoms with Gasteiger partial charge in [-0.2, -0.15) is 5.10 Å². The molecule has 2 aliphatic heterocycles. The number of nitrogens with zero attached hydrogens (tertiary/aromatic N) is 4. The number of hydrogen-bond acceptors (Lipinski definition) is 6. The summed E-state index contributed by atoms with van der Waals surface area (Å²) in [6.45, 7) is 2.13. The minimum atomic E-state index is -0.000264. The number of nitrogens with one attached hydrogen (secondary N) is 1. The Morgan fingerprint density at radius 3 is 2.88 bits per heavy atom. The first kappa shape index (κ1) is 14.9. The highest BCUT2D eigenvalue weighted by Gasteiger charge is 2.43. The molecular weight excluding hydrogens is 300 g/mol. The molecule has 6 heteroatoms. The van der Waals surface area contributed by atoms with Crippen LogP contribution in [0.5, 0.6) is 0 Å². The Labute approximate surface area is 141 Å². The molecule has 0 atom stereocenters. The number of hydrazone groups is 1. The smallest absolute Gasteiger partial charge is 0.117 e. The normalized spacial score (nSPS) is 22.5. The largest absolute Gasteiger partial charge is 0.367 e. The van der Waals surface area contributed by atoms with E-state index in [-0.39, 0.29) is 5.66 Å². The molecule has 0 aromatic carbocycles. The summed E-state index contributed by atoms with van der Waals surface area (Å²) < 4.78 is 0. The molecule has 124 valence electrons. The SMILES string of the molecule is CC1=CC(C(=NN)c2ccncn2)=CN2C1=CNC21CCCCC1. The first-order chi connectivity index (χ1) is 11.7. The fourth-order valence-electron chi connectivity index (χ4n) is 3.92. The molecule has 3 N–H and O–H groups in total. The summed E-state index contributed by atoms with van der Waals surface area (Å²) in [4.78, 5) is 10.6. The van der Waals surface area contributed by atoms with Crippen molar-refractivity contribution in [2.75, 3.05) is 0 Å². The van der Waals surface area contributed by atoms with E-state index in [1.807, 2.05) is 6.07 Å². The number of nitrogens with two attached hydrogens (primary N) is 1. The van der Waals surface area contributed by atoms with Crippen molar-refractivity contribution >= 4 is 5.71 Å². The standard InChI is InChI=1S/C18H22N6/c1-13-9-14(17(23-19)15-5-8-20-12-21-15)11-24-16(13)10-22-18(24)6-3-2-4-7-18/h5,8-12,22H,2-4,6-7,19H2,1H3. The van der Waals surface area contributed by atoms with Gasteiger partial charge in [0.1, 0.15) is 17.7 Å². The van der Waals surface area contributed by atoms with Gasteiger partial charge in [-0.1, -0.05) is 6.42 Å². The number of aromatic nitrogens is 2. The Kier molecular flexibility index (Phi) is 3.59. The average molecular weight is 322 g/mol. The molecule has 3 aliphatic rings. The third-order valence-electron chi connectivity index (χ3n) is 5.15. The number of fused-ring (bicyclic) bond motifs is 2. The van der Waals surface area contributed by atoms with Gasteiger partial charge in [-0.3, -0.25) is 0 Å². The summed E-state index contributed by atoms with van der Waals surface area (Å²) in [6, 6.07) is 1.83. The fraction of sp³-hybridized carbons (Fsp3) is 0.389. The van der Waals surface area contributed by atoms with E-state index in [4.69, 9.17) is 5.84 Å². The zero-order valence-electron chi connectivity index (χ0n) is 13.9. The van der Waals surface area contributed by atoms with E-state index < -0.39 is 0 Å². The second-order valence-electron chi connectivity index (χ2n) is 6.62. The Morgan fingerprint density at radius 1 is 1.33 bits per heavy atom. The molecule has 0 radical (unpaired) electrons. The molecule has 1 fully saturated rings. The van der Waals surface area contributed by atoms with Gasteiger partial charge in [0.05, 0.1) is 11.4 Å². The van der Waals surface area contributed by atoms with Crippen LogP contribution in [0.3, 0.4) is 0 Å². The summed E-state index contributed by atoms with van der Waals surface area (Å²) in [5.74, 6) is 5.70. The zero-order valence-corrected chi connectivity index (χ0v) is 13.9. The molecule has 1 aromatic heterocycles. The van der Waals surface area contributed by atoms with Gasteiger partial charge in [0.25, 0.3) is 0 Å². The maximum absolute atomic E-state index is 5.70. The van der Waals surface area contributed by atoms with Crippen LogP contribution in [-0.4, -0.2) is 26.2 Å². The molecule has 0 saturated heterocycles. The Morgan fingerprint density at radius 2 is 2.17 bits per heavy atom. The van der Waals surface area contributed by atoms with Crippen molar-refractivity contribution in [3.8, 4) is 0 Å². The van der Waals surface area contributed by atoms with Crippen molar-refractivity contribution in [2.24, 2.45) is 10.9 Å². The van der Waals surface area contributed by atoms with Crippen molar-refractivity contribution in [1.82, 2.24) is 20.2 Å². The molecule has 1 aliphatic carbocycles. The molecule has 1 spiro atoms. The van der Waals surface area contributed by atoms with Crippen LogP contribution in [0.25, 0.3) is 0 Å². The molecule has 4 rings (SSSR count). The number of rotatable bonds is 2. The van der Waals surface area contributed by atoms with Gasteiger partial charge in [-0.05, 0) is 50.3 Å². The van der Waals surface area contributed by atoms with E-state index in [0.717, 1.165) is 24.1 Å². The van der Waals surface area contributed by atoms with Crippen LogP contribution in [0.15, 0.2) is 59.0 Å². The van der Waals surface area contributed by atoms with Gasteiger partial charge in [0, 0.05) is 24.2 Å². The van der Waals surface area contributed by atoms with Crippen molar-refractivity contribution in [3.05, 3.63) is 59.6 Å². The van der Waals surface area contributed by atoms with Crippen LogP contribution in [0.4, 0.5) is 0 Å². The van der Waals surface area contributed by atoms with Gasteiger partial charge >= 0.3 is 0 Å². The summed E-state index contributed by atoms with van der Waals surface area (Å²) in [5, 5.41) is 7.65. The van der Waals surface area contributed by atoms with E-state index in [1.54, 1.807) is 6.20 Å². The minimum Gasteiger partial charge on any atom is -0.367 e. The van der Waals surface area contributed by atoms with Gasteiger partial charge in [0.2, 0.25) is 0 Å². The van der Waals surface area contributed by atoms with Gasteiger partial charge in [-0.25, -0.2) is 9.97 Å². The first-order valence-corrected chi connectivity index (χ1v) is 8.46.